The fourth-order valence-corrected chi connectivity index (χ4v) is 16.5. The maximum Gasteiger partial charge on any atom is 0.313 e. The summed E-state index contributed by atoms with van der Waals surface area (Å²) in [6.07, 6.45) is 26.3. The van der Waals surface area contributed by atoms with E-state index in [1.165, 1.54) is 96.3 Å². The van der Waals surface area contributed by atoms with Crippen LogP contribution in [0.4, 0.5) is 0 Å². The van der Waals surface area contributed by atoms with Gasteiger partial charge in [0.15, 0.2) is 18.9 Å². The van der Waals surface area contributed by atoms with Gasteiger partial charge >= 0.3 is 23.9 Å². The van der Waals surface area contributed by atoms with Crippen molar-refractivity contribution in [2.45, 2.75) is 361 Å². The third-order valence-corrected chi connectivity index (χ3v) is 22.9. The van der Waals surface area contributed by atoms with Crippen LogP contribution in [0.25, 0.3) is 0 Å². The summed E-state index contributed by atoms with van der Waals surface area (Å²) in [6, 6.07) is 0. The summed E-state index contributed by atoms with van der Waals surface area (Å²) in [7, 11) is 0. The first-order valence-electron chi connectivity index (χ1n) is 32.4. The Morgan fingerprint density at radius 3 is 1.17 bits per heavy atom. The first-order valence-corrected chi connectivity index (χ1v) is 32.4. The molecule has 11 aliphatic carbocycles. The largest absolute Gasteiger partial charge is 0.458 e. The Morgan fingerprint density at radius 1 is 0.395 bits per heavy atom. The average molecular weight is 1220 g/mol. The molecule has 0 N–H and O–H groups in total. The maximum absolute atomic E-state index is 12.2. The molecule has 0 aromatic carbocycles. The third-order valence-electron chi connectivity index (χ3n) is 22.9. The molecule has 0 aromatic rings. The van der Waals surface area contributed by atoms with Crippen molar-refractivity contribution in [2.24, 2.45) is 98.6 Å². The number of carbonyl (C=O) groups is 4. The Morgan fingerprint density at radius 2 is 0.779 bits per heavy atom. The monoisotopic (exact) mass is 1220 g/mol. The van der Waals surface area contributed by atoms with Crippen LogP contribution in [0.3, 0.4) is 0 Å². The zero-order chi connectivity index (χ0) is 57.3. The molecule has 0 amide bonds. The van der Waals surface area contributed by atoms with Crippen molar-refractivity contribution < 1.29 is 52.3 Å². The van der Waals surface area contributed by atoms with Gasteiger partial charge in [-0.3, -0.25) is 19.2 Å². The quantitative estimate of drug-likeness (QED) is 0.0530. The summed E-state index contributed by atoms with van der Waals surface area (Å²) in [5.74, 6) is 10.4. The molecule has 11 nitrogen and oxygen atoms in total. The number of fused-ring (bicyclic) bond motifs is 11. The zero-order valence-electron chi connectivity index (χ0n) is 52.5. The normalized spacial score (nSPS) is 32.3. The average Bonchev–Trinajstić information content (AvgIpc) is 1.62. The summed E-state index contributed by atoms with van der Waals surface area (Å²) in [5.41, 5.74) is -1.76. The highest BCUT2D eigenvalue weighted by atomic mass is 16.7. The lowest BCUT2D eigenvalue weighted by Crippen LogP contribution is -2.50. The van der Waals surface area contributed by atoms with Crippen molar-refractivity contribution in [3.63, 3.8) is 0 Å². The van der Waals surface area contributed by atoms with Gasteiger partial charge in [-0.1, -0.05) is 101 Å². The SMILES string of the molecule is C.C.C.C.C.C.C.C.CCC(C)(C)C(=O)OC(C)OC1C2CC3CC(C2)CC1C3.CCC(C)(C)C(=O)OC(C)OC1CC2CC1C1C3CCC(C3)C21.CCC(C)(C)C(=O)OC(C)OC1CC2CCC1C2.CCC(C)(C)C(=O)OC1(C(C)C)CCCC1. The molecule has 512 valence electrons. The number of hydrogen-bond donors (Lipinski definition) is 0. The highest BCUT2D eigenvalue weighted by molar-refractivity contribution is 5.77. The predicted molar refractivity (Wildman–Crippen MR) is 360 cm³/mol. The van der Waals surface area contributed by atoms with E-state index in [1.54, 1.807) is 0 Å². The van der Waals surface area contributed by atoms with Crippen molar-refractivity contribution in [1.82, 2.24) is 0 Å². The first kappa shape index (κ1) is 85.8. The lowest BCUT2D eigenvalue weighted by Gasteiger charge is -2.54. The summed E-state index contributed by atoms with van der Waals surface area (Å²) >= 11 is 0. The first-order chi connectivity index (χ1) is 36.5. The molecule has 0 heterocycles. The van der Waals surface area contributed by atoms with Gasteiger partial charge in [-0.05, 0) is 294 Å². The van der Waals surface area contributed by atoms with Crippen LogP contribution in [0.2, 0.25) is 0 Å². The van der Waals surface area contributed by atoms with Crippen molar-refractivity contribution in [2.75, 3.05) is 0 Å². The number of rotatable bonds is 19. The lowest BCUT2D eigenvalue weighted by molar-refractivity contribution is -0.224. The molecule has 0 spiro atoms. The number of carbonyl (C=O) groups excluding carboxylic acids is 4. The Hall–Kier alpha value is -2.24. The second-order valence-corrected chi connectivity index (χ2v) is 30.1. The molecule has 11 fully saturated rings. The molecule has 0 radical (unpaired) electrons. The van der Waals surface area contributed by atoms with Crippen molar-refractivity contribution in [1.29, 1.82) is 0 Å². The van der Waals surface area contributed by atoms with Crippen molar-refractivity contribution in [3.8, 4) is 0 Å². The van der Waals surface area contributed by atoms with Crippen LogP contribution in [-0.4, -0.2) is 66.7 Å². The molecule has 11 aliphatic rings. The van der Waals surface area contributed by atoms with E-state index in [4.69, 9.17) is 33.2 Å². The fraction of sp³-hybridized carbons (Fsp3) is 0.947. The van der Waals surface area contributed by atoms with Crippen LogP contribution in [0.1, 0.15) is 318 Å². The van der Waals surface area contributed by atoms with Crippen molar-refractivity contribution in [3.05, 3.63) is 0 Å². The van der Waals surface area contributed by atoms with Crippen LogP contribution in [-0.2, 0) is 52.3 Å². The summed E-state index contributed by atoms with van der Waals surface area (Å²) in [6.45, 7) is 33.6. The number of hydrogen-bond acceptors (Lipinski definition) is 11. The van der Waals surface area contributed by atoms with Crippen LogP contribution in [0.15, 0.2) is 0 Å². The van der Waals surface area contributed by atoms with Gasteiger partial charge in [-0.2, -0.15) is 0 Å². The summed E-state index contributed by atoms with van der Waals surface area (Å²) in [5, 5.41) is 0. The van der Waals surface area contributed by atoms with Crippen LogP contribution in [0.5, 0.6) is 0 Å². The van der Waals surface area contributed by atoms with E-state index >= 15 is 0 Å². The molecule has 86 heavy (non-hydrogen) atoms. The van der Waals surface area contributed by atoms with Crippen LogP contribution >= 0.6 is 0 Å². The summed E-state index contributed by atoms with van der Waals surface area (Å²) in [4.78, 5) is 48.5. The second kappa shape index (κ2) is 35.0. The Kier molecular flexibility index (Phi) is 34.9. The smallest absolute Gasteiger partial charge is 0.313 e. The van der Waals surface area contributed by atoms with E-state index in [2.05, 4.69) is 13.8 Å². The molecule has 11 heteroatoms. The highest BCUT2D eigenvalue weighted by Gasteiger charge is 2.63. The van der Waals surface area contributed by atoms with E-state index < -0.39 is 35.1 Å². The summed E-state index contributed by atoms with van der Waals surface area (Å²) < 4.78 is 40.8. The topological polar surface area (TPSA) is 133 Å². The van der Waals surface area contributed by atoms with E-state index in [0.29, 0.717) is 42.0 Å². The molecule has 11 saturated carbocycles. The molecule has 0 aliphatic heterocycles. The molecular weight excluding hydrogens is 1080 g/mol. The maximum atomic E-state index is 12.2. The molecule has 0 aromatic heterocycles. The fourth-order valence-electron chi connectivity index (χ4n) is 16.5. The van der Waals surface area contributed by atoms with Gasteiger partial charge in [0.05, 0.1) is 40.0 Å². The highest BCUT2D eigenvalue weighted by Crippen LogP contribution is 2.68. The standard InChI is InChI=1S/C20H32O3.C18H30O3.C15H26O3.C14H26O2.8CH4/c1-5-20(3,4)19(21)23-11(2)22-16-10-14-9-15(16)18-13-7-6-12(8-13)17(14)18;1-5-18(3,4)17(19)21-11(2)20-16-14-7-12-6-13(9-14)10-15(16)8-12;1-5-15(3,4)14(16)18-10(2)17-13-9-11-6-7-12(13)8-11;1-6-13(4,5)12(15)16-14(11(2)3)9-7-8-10-14;;;;;;;;/h11-18H,5-10H2,1-4H3;11-16H,5-10H2,1-4H3;10-13H,5-9H2,1-4H3;11H,6-10H2,1-5H3;8*1H4. The van der Waals surface area contributed by atoms with Crippen molar-refractivity contribution >= 4 is 23.9 Å². The van der Waals surface area contributed by atoms with E-state index in [1.807, 2.05) is 104 Å². The Labute approximate surface area is 533 Å². The Balaban J connectivity index is 0. The van der Waals surface area contributed by atoms with Gasteiger partial charge in [0.25, 0.3) is 0 Å². The molecule has 11 rings (SSSR count). The van der Waals surface area contributed by atoms with E-state index in [0.717, 1.165) is 98.2 Å². The number of ether oxygens (including phenoxy) is 7. The lowest BCUT2D eigenvalue weighted by atomic mass is 9.55. The van der Waals surface area contributed by atoms with Gasteiger partial charge in [0.1, 0.15) is 5.60 Å². The Bertz CT molecular complexity index is 1970. The van der Waals surface area contributed by atoms with Gasteiger partial charge in [0, 0.05) is 0 Å². The predicted octanol–water partition coefficient (Wildman–Crippen LogP) is 21.1. The minimum absolute atomic E-state index is 0. The minimum atomic E-state index is -0.415. The van der Waals surface area contributed by atoms with Gasteiger partial charge in [-0.25, -0.2) is 0 Å². The molecule has 13 atom stereocenters. The molecule has 13 unspecified atom stereocenters. The second-order valence-electron chi connectivity index (χ2n) is 30.1. The van der Waals surface area contributed by atoms with Gasteiger partial charge in [0.2, 0.25) is 0 Å². The van der Waals surface area contributed by atoms with Crippen LogP contribution in [0, 0.1) is 98.6 Å². The molecule has 10 bridgehead atoms. The minimum Gasteiger partial charge on any atom is -0.458 e. The van der Waals surface area contributed by atoms with Gasteiger partial charge in [-0.15, -0.1) is 0 Å². The van der Waals surface area contributed by atoms with Crippen LogP contribution < -0.4 is 0 Å². The zero-order valence-corrected chi connectivity index (χ0v) is 52.5. The number of esters is 4. The molecule has 0 saturated heterocycles. The molecular formula is C75H146O11. The van der Waals surface area contributed by atoms with E-state index in [-0.39, 0.29) is 94.3 Å². The van der Waals surface area contributed by atoms with E-state index in [9.17, 15) is 19.2 Å². The van der Waals surface area contributed by atoms with Gasteiger partial charge < -0.3 is 33.2 Å². The third kappa shape index (κ3) is 19.9.